The molecular formula is C13H11N5O3. The van der Waals surface area contributed by atoms with Gasteiger partial charge >= 0.3 is 6.09 Å². The fraction of sp³-hybridized carbons (Fsp3) is 0.0769. The molecule has 0 aliphatic heterocycles. The first-order chi connectivity index (χ1) is 10.1. The zero-order chi connectivity index (χ0) is 15.0. The molecule has 0 spiro atoms. The summed E-state index contributed by atoms with van der Waals surface area (Å²) in [5, 5.41) is 13.4. The standard InChI is InChI=1S/C13H11N5O3/c1-17(13(20)21)12-15-10-9(11(19)16-12)7-14-18(10)8-5-3-2-4-6-8/h2-7H,1H3,(H,20,21)(H,15,16,19). The molecule has 0 radical (unpaired) electrons. The molecule has 3 rings (SSSR count). The van der Waals surface area contributed by atoms with Crippen molar-refractivity contribution in [3.63, 3.8) is 0 Å². The van der Waals surface area contributed by atoms with Gasteiger partial charge in [0.15, 0.2) is 5.65 Å². The SMILES string of the molecule is CN(C(=O)O)c1nc2c(cnn2-c2ccccc2)c(=O)[nH]1. The highest BCUT2D eigenvalue weighted by Crippen LogP contribution is 2.15. The van der Waals surface area contributed by atoms with E-state index in [2.05, 4.69) is 15.1 Å². The normalized spacial score (nSPS) is 10.7. The Morgan fingerprint density at radius 1 is 1.33 bits per heavy atom. The van der Waals surface area contributed by atoms with E-state index in [9.17, 15) is 9.59 Å². The number of carboxylic acid groups (broad SMARTS) is 1. The van der Waals surface area contributed by atoms with Crippen molar-refractivity contribution in [2.75, 3.05) is 11.9 Å². The highest BCUT2D eigenvalue weighted by atomic mass is 16.4. The van der Waals surface area contributed by atoms with Gasteiger partial charge in [0.25, 0.3) is 5.56 Å². The molecule has 8 heteroatoms. The fourth-order valence-corrected chi connectivity index (χ4v) is 1.91. The third-order valence-electron chi connectivity index (χ3n) is 3.03. The number of amides is 1. The molecule has 21 heavy (non-hydrogen) atoms. The second-order valence-electron chi connectivity index (χ2n) is 4.36. The van der Waals surface area contributed by atoms with Crippen LogP contribution < -0.4 is 10.5 Å². The Hall–Kier alpha value is -3.16. The zero-order valence-corrected chi connectivity index (χ0v) is 11.0. The predicted molar refractivity (Wildman–Crippen MR) is 75.9 cm³/mol. The summed E-state index contributed by atoms with van der Waals surface area (Å²) in [6.07, 6.45) is 0.182. The molecule has 3 aromatic rings. The van der Waals surface area contributed by atoms with E-state index < -0.39 is 11.7 Å². The molecule has 2 aromatic heterocycles. The van der Waals surface area contributed by atoms with Gasteiger partial charge < -0.3 is 5.11 Å². The van der Waals surface area contributed by atoms with Gasteiger partial charge in [-0.1, -0.05) is 18.2 Å². The largest absolute Gasteiger partial charge is 0.465 e. The van der Waals surface area contributed by atoms with Gasteiger partial charge in [-0.15, -0.1) is 0 Å². The summed E-state index contributed by atoms with van der Waals surface area (Å²) in [5.74, 6) is -0.0577. The number of benzene rings is 1. The summed E-state index contributed by atoms with van der Waals surface area (Å²) in [6, 6.07) is 9.16. The topological polar surface area (TPSA) is 104 Å². The zero-order valence-electron chi connectivity index (χ0n) is 11.0. The second-order valence-corrected chi connectivity index (χ2v) is 4.36. The first-order valence-corrected chi connectivity index (χ1v) is 6.08. The van der Waals surface area contributed by atoms with E-state index in [4.69, 9.17) is 5.11 Å². The summed E-state index contributed by atoms with van der Waals surface area (Å²) < 4.78 is 1.49. The lowest BCUT2D eigenvalue weighted by molar-refractivity contribution is 0.203. The summed E-state index contributed by atoms with van der Waals surface area (Å²) in [7, 11) is 1.30. The van der Waals surface area contributed by atoms with Crippen LogP contribution in [0.25, 0.3) is 16.7 Å². The molecule has 0 saturated carbocycles. The molecule has 2 N–H and O–H groups in total. The molecular weight excluding hydrogens is 274 g/mol. The number of aromatic amines is 1. The van der Waals surface area contributed by atoms with Gasteiger partial charge in [-0.05, 0) is 12.1 Å². The number of rotatable bonds is 2. The van der Waals surface area contributed by atoms with Crippen LogP contribution in [0, 0.1) is 0 Å². The van der Waals surface area contributed by atoms with Crippen LogP contribution in [0.4, 0.5) is 10.7 Å². The van der Waals surface area contributed by atoms with Crippen LogP contribution in [0.5, 0.6) is 0 Å². The molecule has 0 atom stereocenters. The van der Waals surface area contributed by atoms with Crippen LogP contribution in [0.15, 0.2) is 41.3 Å². The molecule has 0 unspecified atom stereocenters. The Morgan fingerprint density at radius 3 is 2.71 bits per heavy atom. The molecule has 0 aliphatic rings. The van der Waals surface area contributed by atoms with Gasteiger partial charge in [-0.2, -0.15) is 10.1 Å². The number of hydrogen-bond acceptors (Lipinski definition) is 4. The maximum absolute atomic E-state index is 12.0. The number of H-pyrrole nitrogens is 1. The molecule has 0 fully saturated rings. The van der Waals surface area contributed by atoms with Gasteiger partial charge in [0.2, 0.25) is 5.95 Å². The van der Waals surface area contributed by atoms with Crippen molar-refractivity contribution >= 4 is 23.1 Å². The van der Waals surface area contributed by atoms with Crippen LogP contribution >= 0.6 is 0 Å². The van der Waals surface area contributed by atoms with E-state index >= 15 is 0 Å². The van der Waals surface area contributed by atoms with E-state index in [1.54, 1.807) is 0 Å². The number of aromatic nitrogens is 4. The number of carbonyl (C=O) groups is 1. The van der Waals surface area contributed by atoms with Crippen molar-refractivity contribution in [1.29, 1.82) is 0 Å². The van der Waals surface area contributed by atoms with E-state index in [0.717, 1.165) is 10.6 Å². The molecule has 2 heterocycles. The first kappa shape index (κ1) is 12.9. The van der Waals surface area contributed by atoms with Gasteiger partial charge in [-0.25, -0.2) is 9.48 Å². The van der Waals surface area contributed by atoms with Crippen LogP contribution in [-0.2, 0) is 0 Å². The minimum Gasteiger partial charge on any atom is -0.465 e. The van der Waals surface area contributed by atoms with E-state index in [0.29, 0.717) is 11.0 Å². The van der Waals surface area contributed by atoms with Gasteiger partial charge in [0.1, 0.15) is 5.39 Å². The lowest BCUT2D eigenvalue weighted by Gasteiger charge is -2.11. The van der Waals surface area contributed by atoms with E-state index in [1.807, 2.05) is 30.3 Å². The van der Waals surface area contributed by atoms with Crippen LogP contribution in [0.3, 0.4) is 0 Å². The van der Waals surface area contributed by atoms with Gasteiger partial charge in [0.05, 0.1) is 11.9 Å². The van der Waals surface area contributed by atoms with Crippen LogP contribution in [0.2, 0.25) is 0 Å². The van der Waals surface area contributed by atoms with Gasteiger partial charge in [0, 0.05) is 7.05 Å². The van der Waals surface area contributed by atoms with Crippen molar-refractivity contribution in [3.05, 3.63) is 46.9 Å². The van der Waals surface area contributed by atoms with Crippen molar-refractivity contribution in [2.24, 2.45) is 0 Å². The minimum absolute atomic E-state index is 0.0577. The lowest BCUT2D eigenvalue weighted by atomic mass is 10.3. The Bertz CT molecular complexity index is 868. The van der Waals surface area contributed by atoms with Crippen molar-refractivity contribution in [2.45, 2.75) is 0 Å². The van der Waals surface area contributed by atoms with Crippen molar-refractivity contribution in [1.82, 2.24) is 19.7 Å². The Morgan fingerprint density at radius 2 is 2.05 bits per heavy atom. The number of hydrogen-bond donors (Lipinski definition) is 2. The Kier molecular flexibility index (Phi) is 2.90. The first-order valence-electron chi connectivity index (χ1n) is 6.08. The van der Waals surface area contributed by atoms with Gasteiger partial charge in [-0.3, -0.25) is 14.7 Å². The maximum Gasteiger partial charge on any atom is 0.413 e. The number of para-hydroxylation sites is 1. The van der Waals surface area contributed by atoms with E-state index in [1.165, 1.54) is 17.9 Å². The Balaban J connectivity index is 2.25. The number of nitrogens with zero attached hydrogens (tertiary/aromatic N) is 4. The molecule has 0 aliphatic carbocycles. The summed E-state index contributed by atoms with van der Waals surface area (Å²) in [6.45, 7) is 0. The fourth-order valence-electron chi connectivity index (χ4n) is 1.91. The average Bonchev–Trinajstić information content (AvgIpc) is 2.91. The molecule has 1 amide bonds. The summed E-state index contributed by atoms with van der Waals surface area (Å²) in [4.78, 5) is 30.4. The van der Waals surface area contributed by atoms with Crippen LogP contribution in [-0.4, -0.2) is 38.0 Å². The average molecular weight is 285 g/mol. The monoisotopic (exact) mass is 285 g/mol. The predicted octanol–water partition coefficient (Wildman–Crippen LogP) is 1.22. The third-order valence-corrected chi connectivity index (χ3v) is 3.03. The van der Waals surface area contributed by atoms with Crippen LogP contribution in [0.1, 0.15) is 0 Å². The van der Waals surface area contributed by atoms with Crippen molar-refractivity contribution in [3.8, 4) is 5.69 Å². The smallest absolute Gasteiger partial charge is 0.413 e. The molecule has 0 saturated heterocycles. The molecule has 1 aromatic carbocycles. The number of anilines is 1. The second kappa shape index (κ2) is 4.75. The van der Waals surface area contributed by atoms with E-state index in [-0.39, 0.29) is 5.95 Å². The number of nitrogens with one attached hydrogen (secondary N) is 1. The Labute approximate surface area is 118 Å². The number of fused-ring (bicyclic) bond motifs is 1. The summed E-state index contributed by atoms with van der Waals surface area (Å²) in [5.41, 5.74) is 0.591. The highest BCUT2D eigenvalue weighted by molar-refractivity contribution is 5.84. The highest BCUT2D eigenvalue weighted by Gasteiger charge is 2.16. The summed E-state index contributed by atoms with van der Waals surface area (Å²) >= 11 is 0. The molecule has 0 bridgehead atoms. The van der Waals surface area contributed by atoms with Crippen molar-refractivity contribution < 1.29 is 9.90 Å². The molecule has 8 nitrogen and oxygen atoms in total. The maximum atomic E-state index is 12.0. The molecule has 106 valence electrons. The lowest BCUT2D eigenvalue weighted by Crippen LogP contribution is -2.28. The minimum atomic E-state index is -1.22. The quantitative estimate of drug-likeness (QED) is 0.736. The third kappa shape index (κ3) is 2.12.